The van der Waals surface area contributed by atoms with Gasteiger partial charge < -0.3 is 5.32 Å². The highest BCUT2D eigenvalue weighted by Gasteiger charge is 2.31. The third kappa shape index (κ3) is 3.40. The molecule has 2 aromatic carbocycles. The zero-order valence-electron chi connectivity index (χ0n) is 19.7. The Hall–Kier alpha value is -3.75. The van der Waals surface area contributed by atoms with Crippen LogP contribution in [-0.4, -0.2) is 42.4 Å². The Labute approximate surface area is 206 Å². The molecule has 0 aliphatic carbocycles. The van der Waals surface area contributed by atoms with E-state index >= 15 is 0 Å². The lowest BCUT2D eigenvalue weighted by molar-refractivity contribution is 0.143. The van der Waals surface area contributed by atoms with Crippen LogP contribution in [0.4, 0.5) is 11.6 Å². The SMILES string of the molecule is CN1CCc2cc(Nc3ncc4c(=O)n(-c5ccccc5Cl)c5nccn5c4n3)ccc2C1(C)C. The summed E-state index contributed by atoms with van der Waals surface area (Å²) in [6.07, 6.45) is 5.95. The second kappa shape index (κ2) is 7.90. The van der Waals surface area contributed by atoms with Gasteiger partial charge in [0.25, 0.3) is 5.56 Å². The van der Waals surface area contributed by atoms with Gasteiger partial charge in [0.05, 0.1) is 10.7 Å². The van der Waals surface area contributed by atoms with Gasteiger partial charge in [-0.15, -0.1) is 0 Å². The Bertz CT molecular complexity index is 1670. The first-order valence-corrected chi connectivity index (χ1v) is 11.8. The maximum atomic E-state index is 13.5. The second-order valence-electron chi connectivity index (χ2n) is 9.35. The number of anilines is 2. The molecule has 0 fully saturated rings. The van der Waals surface area contributed by atoms with Crippen LogP contribution in [0.25, 0.3) is 22.5 Å². The lowest BCUT2D eigenvalue weighted by atomic mass is 9.83. The number of benzene rings is 2. The molecule has 8 nitrogen and oxygen atoms in total. The molecule has 1 aliphatic rings. The molecule has 0 amide bonds. The fourth-order valence-corrected chi connectivity index (χ4v) is 5.05. The van der Waals surface area contributed by atoms with Crippen LogP contribution in [0.1, 0.15) is 25.0 Å². The predicted octanol–water partition coefficient (Wildman–Crippen LogP) is 4.55. The van der Waals surface area contributed by atoms with Gasteiger partial charge in [-0.05, 0) is 62.7 Å². The van der Waals surface area contributed by atoms with Gasteiger partial charge in [-0.1, -0.05) is 29.8 Å². The molecule has 0 unspecified atom stereocenters. The molecular weight excluding hydrogens is 462 g/mol. The Morgan fingerprint density at radius 2 is 1.94 bits per heavy atom. The molecule has 0 radical (unpaired) electrons. The number of nitrogens with one attached hydrogen (secondary N) is 1. The molecule has 176 valence electrons. The molecule has 0 saturated carbocycles. The number of para-hydroxylation sites is 1. The van der Waals surface area contributed by atoms with Crippen LogP contribution in [0.2, 0.25) is 5.02 Å². The average Bonchev–Trinajstić information content (AvgIpc) is 3.33. The van der Waals surface area contributed by atoms with Crippen molar-refractivity contribution < 1.29 is 0 Å². The minimum atomic E-state index is -0.279. The number of halogens is 1. The van der Waals surface area contributed by atoms with Crippen molar-refractivity contribution in [3.8, 4) is 5.69 Å². The third-order valence-corrected chi connectivity index (χ3v) is 7.36. The third-order valence-electron chi connectivity index (χ3n) is 7.04. The summed E-state index contributed by atoms with van der Waals surface area (Å²) in [4.78, 5) is 29.4. The summed E-state index contributed by atoms with van der Waals surface area (Å²) in [7, 11) is 2.16. The molecule has 4 heterocycles. The van der Waals surface area contributed by atoms with Gasteiger partial charge in [0.15, 0.2) is 5.65 Å². The Kier molecular flexibility index (Phi) is 4.91. The largest absolute Gasteiger partial charge is 0.324 e. The summed E-state index contributed by atoms with van der Waals surface area (Å²) in [5.74, 6) is 0.843. The summed E-state index contributed by atoms with van der Waals surface area (Å²) in [6, 6.07) is 13.6. The zero-order valence-corrected chi connectivity index (χ0v) is 20.4. The van der Waals surface area contributed by atoms with Crippen molar-refractivity contribution in [3.05, 3.63) is 87.6 Å². The normalized spacial score (nSPS) is 15.4. The highest BCUT2D eigenvalue weighted by molar-refractivity contribution is 6.32. The summed E-state index contributed by atoms with van der Waals surface area (Å²) >= 11 is 6.40. The van der Waals surface area contributed by atoms with E-state index in [1.807, 2.05) is 12.1 Å². The topological polar surface area (TPSA) is 80.4 Å². The molecule has 5 aromatic rings. The van der Waals surface area contributed by atoms with E-state index in [9.17, 15) is 4.79 Å². The lowest BCUT2D eigenvalue weighted by Gasteiger charge is -2.41. The fourth-order valence-electron chi connectivity index (χ4n) is 4.83. The van der Waals surface area contributed by atoms with Gasteiger partial charge in [-0.2, -0.15) is 4.98 Å². The molecule has 35 heavy (non-hydrogen) atoms. The summed E-state index contributed by atoms with van der Waals surface area (Å²) < 4.78 is 3.27. The summed E-state index contributed by atoms with van der Waals surface area (Å²) in [5, 5.41) is 4.15. The Balaban J connectivity index is 1.44. The molecule has 1 aliphatic heterocycles. The number of hydrogen-bond donors (Lipinski definition) is 1. The Morgan fingerprint density at radius 1 is 1.11 bits per heavy atom. The van der Waals surface area contributed by atoms with Crippen LogP contribution < -0.4 is 10.9 Å². The number of hydrogen-bond acceptors (Lipinski definition) is 6. The zero-order chi connectivity index (χ0) is 24.3. The summed E-state index contributed by atoms with van der Waals surface area (Å²) in [6.45, 7) is 5.50. The maximum Gasteiger partial charge on any atom is 0.270 e. The van der Waals surface area contributed by atoms with E-state index in [-0.39, 0.29) is 11.1 Å². The first-order valence-electron chi connectivity index (χ1n) is 11.5. The average molecular weight is 486 g/mol. The number of fused-ring (bicyclic) bond motifs is 4. The van der Waals surface area contributed by atoms with Crippen molar-refractivity contribution in [2.75, 3.05) is 18.9 Å². The van der Waals surface area contributed by atoms with E-state index < -0.39 is 0 Å². The predicted molar refractivity (Wildman–Crippen MR) is 138 cm³/mol. The van der Waals surface area contributed by atoms with E-state index in [2.05, 4.69) is 64.3 Å². The van der Waals surface area contributed by atoms with Gasteiger partial charge in [-0.3, -0.25) is 14.1 Å². The van der Waals surface area contributed by atoms with Crippen LogP contribution in [-0.2, 0) is 12.0 Å². The highest BCUT2D eigenvalue weighted by Crippen LogP contribution is 2.35. The van der Waals surface area contributed by atoms with E-state index in [0.29, 0.717) is 33.5 Å². The van der Waals surface area contributed by atoms with Crippen LogP contribution >= 0.6 is 11.6 Å². The van der Waals surface area contributed by atoms with Crippen LogP contribution in [0.5, 0.6) is 0 Å². The van der Waals surface area contributed by atoms with Gasteiger partial charge in [-0.25, -0.2) is 14.5 Å². The number of nitrogens with zero attached hydrogens (tertiary/aromatic N) is 6. The molecule has 3 aromatic heterocycles. The highest BCUT2D eigenvalue weighted by atomic mass is 35.5. The molecular formula is C26H24ClN7O. The number of rotatable bonds is 3. The quantitative estimate of drug-likeness (QED) is 0.404. The Morgan fingerprint density at radius 3 is 2.77 bits per heavy atom. The van der Waals surface area contributed by atoms with Crippen LogP contribution in [0.15, 0.2) is 65.8 Å². The van der Waals surface area contributed by atoms with Gasteiger partial charge in [0, 0.05) is 36.4 Å². The molecule has 6 rings (SSSR count). The van der Waals surface area contributed by atoms with E-state index in [1.165, 1.54) is 15.7 Å². The molecule has 9 heteroatoms. The molecule has 0 atom stereocenters. The van der Waals surface area contributed by atoms with Crippen molar-refractivity contribution in [2.45, 2.75) is 25.8 Å². The summed E-state index contributed by atoms with van der Waals surface area (Å²) in [5.41, 5.74) is 4.30. The van der Waals surface area contributed by atoms with Crippen molar-refractivity contribution in [3.63, 3.8) is 0 Å². The van der Waals surface area contributed by atoms with Crippen molar-refractivity contribution in [2.24, 2.45) is 0 Å². The van der Waals surface area contributed by atoms with Crippen molar-refractivity contribution >= 4 is 40.0 Å². The smallest absolute Gasteiger partial charge is 0.270 e. The minimum absolute atomic E-state index is 0.0137. The van der Waals surface area contributed by atoms with E-state index in [1.54, 1.807) is 35.1 Å². The first-order chi connectivity index (χ1) is 16.8. The molecule has 0 saturated heterocycles. The van der Waals surface area contributed by atoms with E-state index in [0.717, 1.165) is 18.7 Å². The van der Waals surface area contributed by atoms with Crippen molar-refractivity contribution in [1.29, 1.82) is 0 Å². The van der Waals surface area contributed by atoms with Crippen molar-refractivity contribution in [1.82, 2.24) is 28.8 Å². The monoisotopic (exact) mass is 485 g/mol. The lowest BCUT2D eigenvalue weighted by Crippen LogP contribution is -2.43. The first kappa shape index (κ1) is 21.8. The second-order valence-corrected chi connectivity index (χ2v) is 9.75. The van der Waals surface area contributed by atoms with Crippen LogP contribution in [0, 0.1) is 0 Å². The standard InChI is InChI=1S/C26H24ClN7O/c1-26(2)19-9-8-17(14-16(19)10-12-32(26)3)30-24-29-15-18-22(31-24)33-13-11-28-25(33)34(23(18)35)21-7-5-4-6-20(21)27/h4-9,11,13-15H,10,12H2,1-3H3,(H,29,30,31). The van der Waals surface area contributed by atoms with Gasteiger partial charge in [0.2, 0.25) is 11.7 Å². The van der Waals surface area contributed by atoms with Gasteiger partial charge in [0.1, 0.15) is 5.39 Å². The van der Waals surface area contributed by atoms with E-state index in [4.69, 9.17) is 11.6 Å². The van der Waals surface area contributed by atoms with Crippen LogP contribution in [0.3, 0.4) is 0 Å². The number of aromatic nitrogens is 5. The number of likely N-dealkylation sites (N-methyl/N-ethyl adjacent to an activating group) is 1. The van der Waals surface area contributed by atoms with Gasteiger partial charge >= 0.3 is 0 Å². The fraction of sp³-hybridized carbons (Fsp3) is 0.231. The molecule has 0 spiro atoms. The molecule has 1 N–H and O–H groups in total. The molecule has 0 bridgehead atoms. The number of imidazole rings is 1. The minimum Gasteiger partial charge on any atom is -0.324 e. The maximum absolute atomic E-state index is 13.5.